The molecule has 0 N–H and O–H groups in total. The molecule has 0 bridgehead atoms. The molecule has 4 aromatic rings. The van der Waals surface area contributed by atoms with Crippen LogP contribution in [0.2, 0.25) is 5.02 Å². The zero-order valence-corrected chi connectivity index (χ0v) is 19.7. The van der Waals surface area contributed by atoms with Crippen molar-refractivity contribution in [2.75, 3.05) is 38.2 Å². The number of methoxy groups -OCH3 is 1. The Labute approximate surface area is 201 Å². The summed E-state index contributed by atoms with van der Waals surface area (Å²) in [5.41, 5.74) is 3.02. The summed E-state index contributed by atoms with van der Waals surface area (Å²) in [4.78, 5) is 18.8. The summed E-state index contributed by atoms with van der Waals surface area (Å²) in [6.45, 7) is 2.67. The minimum Gasteiger partial charge on any atom is -0.495 e. The lowest BCUT2D eigenvalue weighted by Gasteiger charge is -2.36. The predicted molar refractivity (Wildman–Crippen MR) is 133 cm³/mol. The van der Waals surface area contributed by atoms with Crippen LogP contribution in [0.5, 0.6) is 5.75 Å². The highest BCUT2D eigenvalue weighted by molar-refractivity contribution is 7.13. The highest BCUT2D eigenvalue weighted by atomic mass is 35.5. The molecule has 5 rings (SSSR count). The van der Waals surface area contributed by atoms with Crippen molar-refractivity contribution >= 4 is 34.5 Å². The predicted octanol–water partition coefficient (Wildman–Crippen LogP) is 5.23. The fourth-order valence-corrected chi connectivity index (χ4v) is 4.99. The number of aromatic nitrogens is 2. The Morgan fingerprint density at radius 1 is 0.970 bits per heavy atom. The number of anilines is 1. The molecule has 1 fully saturated rings. The van der Waals surface area contributed by atoms with Crippen molar-refractivity contribution in [2.45, 2.75) is 0 Å². The molecule has 1 amide bonds. The normalized spacial score (nSPS) is 13.9. The monoisotopic (exact) mass is 478 g/mol. The van der Waals surface area contributed by atoms with Crippen molar-refractivity contribution in [3.8, 4) is 22.0 Å². The van der Waals surface area contributed by atoms with Crippen LogP contribution in [0.1, 0.15) is 10.5 Å². The van der Waals surface area contributed by atoms with E-state index >= 15 is 0 Å². The smallest absolute Gasteiger partial charge is 0.272 e. The van der Waals surface area contributed by atoms with E-state index in [1.54, 1.807) is 23.1 Å². The standard InChI is InChI=1S/C25H23ClN4O2S/c1-32-23-10-5-4-9-21(23)28-12-14-29(15-13-28)25(31)22-17-19(24-11-6-16-33-24)27-30(22)20-8-3-2-7-18(20)26/h2-11,16-17H,12-15H2,1H3. The SMILES string of the molecule is COc1ccccc1N1CCN(C(=O)c2cc(-c3cccs3)nn2-c2ccccc2Cl)CC1. The van der Waals surface area contributed by atoms with Crippen molar-refractivity contribution < 1.29 is 9.53 Å². The number of nitrogens with zero attached hydrogens (tertiary/aromatic N) is 4. The third-order valence-electron chi connectivity index (χ3n) is 5.78. The van der Waals surface area contributed by atoms with Gasteiger partial charge in [0.05, 0.1) is 28.4 Å². The van der Waals surface area contributed by atoms with Gasteiger partial charge in [0.1, 0.15) is 17.1 Å². The quantitative estimate of drug-likeness (QED) is 0.394. The van der Waals surface area contributed by atoms with Crippen molar-refractivity contribution in [3.63, 3.8) is 0 Å². The fraction of sp³-hybridized carbons (Fsp3) is 0.200. The van der Waals surface area contributed by atoms with E-state index in [0.717, 1.165) is 35.1 Å². The van der Waals surface area contributed by atoms with Gasteiger partial charge in [0.25, 0.3) is 5.91 Å². The molecule has 2 aromatic heterocycles. The molecule has 0 radical (unpaired) electrons. The molecule has 0 aliphatic carbocycles. The van der Waals surface area contributed by atoms with Gasteiger partial charge in [0.2, 0.25) is 0 Å². The summed E-state index contributed by atoms with van der Waals surface area (Å²) in [6.07, 6.45) is 0. The van der Waals surface area contributed by atoms with Gasteiger partial charge in [-0.05, 0) is 41.8 Å². The van der Waals surface area contributed by atoms with E-state index in [4.69, 9.17) is 21.4 Å². The number of carbonyl (C=O) groups excluding carboxylic acids is 1. The second kappa shape index (κ2) is 9.29. The van der Waals surface area contributed by atoms with Gasteiger partial charge in [-0.1, -0.05) is 41.9 Å². The average Bonchev–Trinajstić information content (AvgIpc) is 3.54. The first kappa shape index (κ1) is 21.6. The molecule has 33 heavy (non-hydrogen) atoms. The summed E-state index contributed by atoms with van der Waals surface area (Å²) in [5, 5.41) is 7.30. The molecule has 1 aliphatic heterocycles. The van der Waals surface area contributed by atoms with Crippen molar-refractivity contribution in [1.82, 2.24) is 14.7 Å². The van der Waals surface area contributed by atoms with E-state index in [0.29, 0.717) is 29.5 Å². The summed E-state index contributed by atoms with van der Waals surface area (Å²) < 4.78 is 7.18. The lowest BCUT2D eigenvalue weighted by molar-refractivity contribution is 0.0737. The van der Waals surface area contributed by atoms with Gasteiger partial charge in [-0.15, -0.1) is 11.3 Å². The Hall–Kier alpha value is -3.29. The highest BCUT2D eigenvalue weighted by Crippen LogP contribution is 2.30. The Morgan fingerprint density at radius 2 is 1.70 bits per heavy atom. The number of benzene rings is 2. The molecule has 1 saturated heterocycles. The number of carbonyl (C=O) groups is 1. The van der Waals surface area contributed by atoms with Gasteiger partial charge in [-0.2, -0.15) is 5.10 Å². The molecule has 8 heteroatoms. The molecule has 0 saturated carbocycles. The maximum absolute atomic E-state index is 13.6. The van der Waals surface area contributed by atoms with Gasteiger partial charge in [0.15, 0.2) is 0 Å². The number of amides is 1. The Balaban J connectivity index is 1.42. The zero-order valence-electron chi connectivity index (χ0n) is 18.1. The molecular formula is C25H23ClN4O2S. The molecule has 6 nitrogen and oxygen atoms in total. The van der Waals surface area contributed by atoms with Crippen LogP contribution in [-0.2, 0) is 0 Å². The first-order valence-corrected chi connectivity index (χ1v) is 12.0. The van der Waals surface area contributed by atoms with Crippen LogP contribution < -0.4 is 9.64 Å². The summed E-state index contributed by atoms with van der Waals surface area (Å²) in [7, 11) is 1.68. The first-order chi connectivity index (χ1) is 16.2. The maximum atomic E-state index is 13.6. The van der Waals surface area contributed by atoms with Crippen LogP contribution in [0.15, 0.2) is 72.1 Å². The molecule has 0 unspecified atom stereocenters. The molecule has 2 aromatic carbocycles. The van der Waals surface area contributed by atoms with Crippen LogP contribution in [0.4, 0.5) is 5.69 Å². The minimum atomic E-state index is -0.0510. The van der Waals surface area contributed by atoms with E-state index in [1.165, 1.54) is 0 Å². The number of halogens is 1. The molecule has 1 aliphatic rings. The topological polar surface area (TPSA) is 50.6 Å². The second-order valence-corrected chi connectivity index (χ2v) is 9.06. The van der Waals surface area contributed by atoms with Crippen molar-refractivity contribution in [3.05, 3.63) is 82.8 Å². The molecule has 3 heterocycles. The third-order valence-corrected chi connectivity index (χ3v) is 6.99. The second-order valence-electron chi connectivity index (χ2n) is 7.71. The summed E-state index contributed by atoms with van der Waals surface area (Å²) in [5.74, 6) is 0.791. The van der Waals surface area contributed by atoms with Crippen molar-refractivity contribution in [2.24, 2.45) is 0 Å². The lowest BCUT2D eigenvalue weighted by Crippen LogP contribution is -2.49. The van der Waals surface area contributed by atoms with Crippen LogP contribution in [0.3, 0.4) is 0 Å². The van der Waals surface area contributed by atoms with E-state index in [9.17, 15) is 4.79 Å². The number of ether oxygens (including phenoxy) is 1. The van der Waals surface area contributed by atoms with Crippen LogP contribution in [0.25, 0.3) is 16.3 Å². The van der Waals surface area contributed by atoms with Crippen LogP contribution in [0, 0.1) is 0 Å². The van der Waals surface area contributed by atoms with E-state index in [1.807, 2.05) is 70.9 Å². The van der Waals surface area contributed by atoms with Crippen molar-refractivity contribution in [1.29, 1.82) is 0 Å². The lowest BCUT2D eigenvalue weighted by atomic mass is 10.2. The minimum absolute atomic E-state index is 0.0510. The van der Waals surface area contributed by atoms with Crippen LogP contribution in [-0.4, -0.2) is 53.9 Å². The molecular weight excluding hydrogens is 456 g/mol. The fourth-order valence-electron chi connectivity index (χ4n) is 4.09. The Bertz CT molecular complexity index is 1260. The Morgan fingerprint density at radius 3 is 2.39 bits per heavy atom. The van der Waals surface area contributed by atoms with Gasteiger partial charge in [0, 0.05) is 26.2 Å². The summed E-state index contributed by atoms with van der Waals surface area (Å²) >= 11 is 8.06. The number of para-hydroxylation sites is 3. The van der Waals surface area contributed by atoms with Gasteiger partial charge >= 0.3 is 0 Å². The highest BCUT2D eigenvalue weighted by Gasteiger charge is 2.27. The number of hydrogen-bond acceptors (Lipinski definition) is 5. The van der Waals surface area contributed by atoms with E-state index in [2.05, 4.69) is 11.0 Å². The Kier molecular flexibility index (Phi) is 6.07. The van der Waals surface area contributed by atoms with Crippen LogP contribution >= 0.6 is 22.9 Å². The maximum Gasteiger partial charge on any atom is 0.272 e. The summed E-state index contributed by atoms with van der Waals surface area (Å²) in [6, 6.07) is 21.3. The number of piperazine rings is 1. The molecule has 0 spiro atoms. The van der Waals surface area contributed by atoms with Gasteiger partial charge < -0.3 is 14.5 Å². The third kappa shape index (κ3) is 4.21. The average molecular weight is 479 g/mol. The van der Waals surface area contributed by atoms with E-state index < -0.39 is 0 Å². The van der Waals surface area contributed by atoms with Gasteiger partial charge in [-0.25, -0.2) is 4.68 Å². The number of rotatable bonds is 5. The largest absolute Gasteiger partial charge is 0.495 e. The molecule has 168 valence electrons. The first-order valence-electron chi connectivity index (χ1n) is 10.7. The number of thiophene rings is 1. The van der Waals surface area contributed by atoms with Gasteiger partial charge in [-0.3, -0.25) is 4.79 Å². The number of hydrogen-bond donors (Lipinski definition) is 0. The van der Waals surface area contributed by atoms with E-state index in [-0.39, 0.29) is 5.91 Å². The zero-order chi connectivity index (χ0) is 22.8. The molecule has 0 atom stereocenters.